The van der Waals surface area contributed by atoms with Crippen molar-refractivity contribution in [2.45, 2.75) is 24.9 Å². The summed E-state index contributed by atoms with van der Waals surface area (Å²) in [6, 6.07) is 54.6. The third kappa shape index (κ3) is 3.58. The van der Waals surface area contributed by atoms with Gasteiger partial charge in [-0.05, 0) is 64.0 Å². The van der Waals surface area contributed by atoms with Crippen LogP contribution in [0.15, 0.2) is 158 Å². The number of hydrogen-bond donors (Lipinski definition) is 0. The van der Waals surface area contributed by atoms with Gasteiger partial charge in [0, 0.05) is 44.0 Å². The molecule has 0 saturated heterocycles. The first kappa shape index (κ1) is 27.3. The van der Waals surface area contributed by atoms with Crippen LogP contribution in [0.3, 0.4) is 0 Å². The van der Waals surface area contributed by atoms with Crippen molar-refractivity contribution < 1.29 is 4.74 Å². The Labute approximate surface area is 280 Å². The summed E-state index contributed by atoms with van der Waals surface area (Å²) in [5.74, 6) is 0.948. The third-order valence-electron chi connectivity index (χ3n) is 10.8. The van der Waals surface area contributed by atoms with Crippen molar-refractivity contribution in [3.63, 3.8) is 0 Å². The van der Waals surface area contributed by atoms with E-state index in [0.717, 1.165) is 28.0 Å². The number of fused-ring (bicyclic) bond motifs is 11. The number of ether oxygens (including phenoxy) is 1. The molecule has 0 radical (unpaired) electrons. The van der Waals surface area contributed by atoms with E-state index in [1.54, 1.807) is 0 Å². The predicted octanol–water partition coefficient (Wildman–Crippen LogP) is 11.6. The molecule has 228 valence electrons. The number of rotatable bonds is 3. The molecular weight excluding hydrogens is 583 g/mol. The van der Waals surface area contributed by atoms with Crippen LogP contribution in [0, 0.1) is 0 Å². The molecule has 1 aliphatic carbocycles. The van der Waals surface area contributed by atoms with Crippen LogP contribution in [0.25, 0.3) is 55.5 Å². The van der Waals surface area contributed by atoms with Gasteiger partial charge in [0.2, 0.25) is 0 Å². The van der Waals surface area contributed by atoms with Crippen LogP contribution in [0.4, 0.5) is 0 Å². The van der Waals surface area contributed by atoms with E-state index in [1.165, 1.54) is 55.0 Å². The van der Waals surface area contributed by atoms with Gasteiger partial charge in [-0.2, -0.15) is 0 Å². The summed E-state index contributed by atoms with van der Waals surface area (Å²) < 4.78 is 9.95. The van der Waals surface area contributed by atoms with Gasteiger partial charge in [0.05, 0.1) is 11.0 Å². The second-order valence-electron chi connectivity index (χ2n) is 13.7. The number of benzene rings is 7. The summed E-state index contributed by atoms with van der Waals surface area (Å²) in [6.07, 6.45) is 4.65. The minimum absolute atomic E-state index is 0.168. The first-order valence-electron chi connectivity index (χ1n) is 16.8. The third-order valence-corrected chi connectivity index (χ3v) is 10.8. The average Bonchev–Trinajstić information content (AvgIpc) is 3.61. The summed E-state index contributed by atoms with van der Waals surface area (Å²) in [4.78, 5) is 0. The van der Waals surface area contributed by atoms with Gasteiger partial charge in [-0.3, -0.25) is 0 Å². The lowest BCUT2D eigenvalue weighted by atomic mass is 9.76. The molecule has 1 aromatic heterocycles. The van der Waals surface area contributed by atoms with Gasteiger partial charge in [0.1, 0.15) is 5.75 Å². The van der Waals surface area contributed by atoms with Gasteiger partial charge in [-0.1, -0.05) is 141 Å². The Morgan fingerprint density at radius 3 is 2.00 bits per heavy atom. The SMILES string of the molecule is CC1(C)c2ccccc2-c2c1c1c(c3ccccc23)OC(c2ccccc2)(c2ccc3c(c2)c2ccccc2n3-c2ccccc2)C=C1. The summed E-state index contributed by atoms with van der Waals surface area (Å²) in [6.45, 7) is 4.71. The zero-order chi connectivity index (χ0) is 32.0. The second-order valence-corrected chi connectivity index (χ2v) is 13.7. The maximum Gasteiger partial charge on any atom is 0.178 e. The molecule has 2 heteroatoms. The van der Waals surface area contributed by atoms with Crippen molar-refractivity contribution >= 4 is 38.7 Å². The molecule has 2 aliphatic rings. The van der Waals surface area contributed by atoms with Crippen LogP contribution in [0.1, 0.15) is 41.7 Å². The van der Waals surface area contributed by atoms with Gasteiger partial charge in [0.25, 0.3) is 0 Å². The normalized spacial score (nSPS) is 17.3. The number of para-hydroxylation sites is 2. The summed E-state index contributed by atoms with van der Waals surface area (Å²) in [5.41, 5.74) is 11.3. The maximum absolute atomic E-state index is 7.58. The highest BCUT2D eigenvalue weighted by atomic mass is 16.5. The molecule has 0 N–H and O–H groups in total. The van der Waals surface area contributed by atoms with E-state index >= 15 is 0 Å². The van der Waals surface area contributed by atoms with Crippen LogP contribution in [0.5, 0.6) is 5.75 Å². The average molecular weight is 616 g/mol. The molecule has 0 saturated carbocycles. The molecule has 0 amide bonds. The van der Waals surface area contributed by atoms with Gasteiger partial charge >= 0.3 is 0 Å². The molecule has 48 heavy (non-hydrogen) atoms. The topological polar surface area (TPSA) is 14.2 Å². The largest absolute Gasteiger partial charge is 0.472 e. The molecule has 1 aliphatic heterocycles. The van der Waals surface area contributed by atoms with Gasteiger partial charge < -0.3 is 9.30 Å². The smallest absolute Gasteiger partial charge is 0.178 e. The fourth-order valence-electron chi connectivity index (χ4n) is 8.62. The molecule has 0 bridgehead atoms. The van der Waals surface area contributed by atoms with Crippen molar-refractivity contribution in [1.29, 1.82) is 0 Å². The first-order chi connectivity index (χ1) is 23.6. The lowest BCUT2D eigenvalue weighted by Crippen LogP contribution is -2.35. The van der Waals surface area contributed by atoms with E-state index < -0.39 is 5.60 Å². The van der Waals surface area contributed by atoms with Crippen LogP contribution in [0.2, 0.25) is 0 Å². The fraction of sp³-hybridized carbons (Fsp3) is 0.0870. The molecule has 2 heterocycles. The Kier molecular flexibility index (Phi) is 5.58. The zero-order valence-corrected chi connectivity index (χ0v) is 26.9. The molecule has 2 nitrogen and oxygen atoms in total. The van der Waals surface area contributed by atoms with E-state index in [0.29, 0.717) is 0 Å². The Morgan fingerprint density at radius 1 is 0.542 bits per heavy atom. The summed E-state index contributed by atoms with van der Waals surface area (Å²) in [5, 5.41) is 4.82. The minimum Gasteiger partial charge on any atom is -0.472 e. The van der Waals surface area contributed by atoms with E-state index in [1.807, 2.05) is 0 Å². The van der Waals surface area contributed by atoms with Crippen LogP contribution in [-0.4, -0.2) is 4.57 Å². The molecule has 8 aromatic rings. The Bertz CT molecular complexity index is 2610. The molecule has 10 rings (SSSR count). The van der Waals surface area contributed by atoms with Crippen molar-refractivity contribution in [2.24, 2.45) is 0 Å². The molecule has 1 atom stereocenters. The standard InChI is InChI=1S/C46H33NO/c1-45(2)39-23-13-11-22-36(39)42-34-20-9-10-21-35(34)44-37(43(42)45)27-28-46(48-44,30-15-5-3-6-16-30)31-25-26-41-38(29-31)33-19-12-14-24-40(33)47(41)32-17-7-4-8-18-32/h3-29H,1-2H3. The minimum atomic E-state index is -0.828. The number of hydrogen-bond acceptors (Lipinski definition) is 1. The van der Waals surface area contributed by atoms with Crippen molar-refractivity contribution in [3.8, 4) is 22.6 Å². The van der Waals surface area contributed by atoms with E-state index in [4.69, 9.17) is 4.74 Å². The van der Waals surface area contributed by atoms with Gasteiger partial charge in [-0.25, -0.2) is 0 Å². The first-order valence-corrected chi connectivity index (χ1v) is 16.8. The lowest BCUT2D eigenvalue weighted by molar-refractivity contribution is 0.163. The van der Waals surface area contributed by atoms with Crippen LogP contribution < -0.4 is 4.74 Å². The zero-order valence-electron chi connectivity index (χ0n) is 26.9. The number of nitrogens with zero attached hydrogens (tertiary/aromatic N) is 1. The lowest BCUT2D eigenvalue weighted by Gasteiger charge is -2.38. The van der Waals surface area contributed by atoms with E-state index in [2.05, 4.69) is 182 Å². The van der Waals surface area contributed by atoms with Crippen LogP contribution >= 0.6 is 0 Å². The fourth-order valence-corrected chi connectivity index (χ4v) is 8.62. The summed E-state index contributed by atoms with van der Waals surface area (Å²) >= 11 is 0. The summed E-state index contributed by atoms with van der Waals surface area (Å²) in [7, 11) is 0. The highest BCUT2D eigenvalue weighted by Crippen LogP contribution is 2.58. The van der Waals surface area contributed by atoms with Crippen molar-refractivity contribution in [3.05, 3.63) is 186 Å². The van der Waals surface area contributed by atoms with E-state index in [9.17, 15) is 0 Å². The predicted molar refractivity (Wildman–Crippen MR) is 199 cm³/mol. The quantitative estimate of drug-likeness (QED) is 0.193. The Morgan fingerprint density at radius 2 is 1.19 bits per heavy atom. The molecule has 7 aromatic carbocycles. The van der Waals surface area contributed by atoms with Crippen LogP contribution in [-0.2, 0) is 11.0 Å². The van der Waals surface area contributed by atoms with Crippen molar-refractivity contribution in [1.82, 2.24) is 4.57 Å². The molecular formula is C46H33NO. The Hall–Kier alpha value is -5.86. The maximum atomic E-state index is 7.58. The highest BCUT2D eigenvalue weighted by Gasteiger charge is 2.44. The van der Waals surface area contributed by atoms with Gasteiger partial charge in [-0.15, -0.1) is 0 Å². The monoisotopic (exact) mass is 615 g/mol. The molecule has 1 unspecified atom stereocenters. The molecule has 0 fully saturated rings. The van der Waals surface area contributed by atoms with Gasteiger partial charge in [0.15, 0.2) is 5.60 Å². The second kappa shape index (κ2) is 9.82. The van der Waals surface area contributed by atoms with Crippen molar-refractivity contribution in [2.75, 3.05) is 0 Å². The number of aromatic nitrogens is 1. The highest BCUT2D eigenvalue weighted by molar-refractivity contribution is 6.10. The molecule has 0 spiro atoms. The Balaban J connectivity index is 1.26. The van der Waals surface area contributed by atoms with E-state index in [-0.39, 0.29) is 5.41 Å².